The van der Waals surface area contributed by atoms with Gasteiger partial charge in [-0.05, 0) is 48.9 Å². The molecular formula is C16H17BrOS. The van der Waals surface area contributed by atoms with E-state index >= 15 is 0 Å². The third-order valence-corrected chi connectivity index (χ3v) is 6.14. The lowest BCUT2D eigenvalue weighted by Gasteiger charge is -2.11. The largest absolute Gasteiger partial charge is 0.496 e. The van der Waals surface area contributed by atoms with Crippen LogP contribution in [-0.4, -0.2) is 7.11 Å². The summed E-state index contributed by atoms with van der Waals surface area (Å²) in [7, 11) is 1.74. The molecule has 0 spiro atoms. The first-order valence-electron chi connectivity index (χ1n) is 6.65. The van der Waals surface area contributed by atoms with Crippen molar-refractivity contribution in [2.45, 2.75) is 30.5 Å². The Kier molecular flexibility index (Phi) is 3.94. The number of thiophene rings is 1. The number of fused-ring (bicyclic) bond motifs is 1. The second-order valence-electron chi connectivity index (χ2n) is 4.93. The van der Waals surface area contributed by atoms with Crippen LogP contribution in [0.25, 0.3) is 0 Å². The Morgan fingerprint density at radius 1 is 1.32 bits per heavy atom. The van der Waals surface area contributed by atoms with Crippen molar-refractivity contribution < 1.29 is 4.74 Å². The first-order valence-corrected chi connectivity index (χ1v) is 8.38. The molecule has 19 heavy (non-hydrogen) atoms. The fourth-order valence-electron chi connectivity index (χ4n) is 2.67. The van der Waals surface area contributed by atoms with Gasteiger partial charge < -0.3 is 4.74 Å². The van der Waals surface area contributed by atoms with E-state index in [0.29, 0.717) is 4.83 Å². The van der Waals surface area contributed by atoms with Crippen LogP contribution < -0.4 is 4.74 Å². The Morgan fingerprint density at radius 3 is 2.95 bits per heavy atom. The third kappa shape index (κ3) is 2.72. The summed E-state index contributed by atoms with van der Waals surface area (Å²) in [6.45, 7) is 0. The van der Waals surface area contributed by atoms with Crippen molar-refractivity contribution in [3.63, 3.8) is 0 Å². The molecule has 0 fully saturated rings. The number of rotatable bonds is 4. The molecule has 1 aromatic carbocycles. The van der Waals surface area contributed by atoms with E-state index in [4.69, 9.17) is 4.74 Å². The van der Waals surface area contributed by atoms with Gasteiger partial charge in [-0.2, -0.15) is 0 Å². The van der Waals surface area contributed by atoms with Crippen LogP contribution in [0.5, 0.6) is 5.75 Å². The number of hydrogen-bond acceptors (Lipinski definition) is 2. The van der Waals surface area contributed by atoms with Crippen LogP contribution >= 0.6 is 27.3 Å². The Hall–Kier alpha value is -0.800. The second-order valence-corrected chi connectivity index (χ2v) is 7.21. The second kappa shape index (κ2) is 5.68. The predicted molar refractivity (Wildman–Crippen MR) is 84.7 cm³/mol. The molecule has 0 saturated heterocycles. The molecule has 0 amide bonds. The zero-order chi connectivity index (χ0) is 13.2. The lowest BCUT2D eigenvalue weighted by atomic mass is 10.1. The van der Waals surface area contributed by atoms with E-state index in [1.165, 1.54) is 29.7 Å². The minimum atomic E-state index is 0.388. The molecule has 0 bridgehead atoms. The van der Waals surface area contributed by atoms with Gasteiger partial charge in [-0.3, -0.25) is 0 Å². The molecule has 1 aliphatic rings. The fourth-order valence-corrected chi connectivity index (χ4v) is 4.67. The van der Waals surface area contributed by atoms with Crippen LogP contribution in [0.1, 0.15) is 32.1 Å². The number of hydrogen-bond donors (Lipinski definition) is 0. The maximum atomic E-state index is 5.43. The van der Waals surface area contributed by atoms with Crippen molar-refractivity contribution in [1.82, 2.24) is 0 Å². The lowest BCUT2D eigenvalue weighted by molar-refractivity contribution is 0.409. The van der Waals surface area contributed by atoms with Gasteiger partial charge in [0.1, 0.15) is 5.75 Å². The maximum absolute atomic E-state index is 5.43. The Balaban J connectivity index is 1.78. The molecule has 100 valence electrons. The van der Waals surface area contributed by atoms with E-state index in [2.05, 4.69) is 34.1 Å². The first kappa shape index (κ1) is 13.2. The summed E-state index contributed by atoms with van der Waals surface area (Å²) in [6.07, 6.45) is 4.85. The smallest absolute Gasteiger partial charge is 0.122 e. The summed E-state index contributed by atoms with van der Waals surface area (Å²) in [5.41, 5.74) is 2.84. The van der Waals surface area contributed by atoms with Crippen LogP contribution in [-0.2, 0) is 19.3 Å². The zero-order valence-corrected chi connectivity index (χ0v) is 13.4. The monoisotopic (exact) mass is 336 g/mol. The number of alkyl halides is 1. The minimum Gasteiger partial charge on any atom is -0.496 e. The van der Waals surface area contributed by atoms with E-state index in [9.17, 15) is 0 Å². The highest BCUT2D eigenvalue weighted by Gasteiger charge is 2.19. The standard InChI is InChI=1S/C16H17BrOS/c1-18-14-7-3-2-5-11(14)9-13(17)16-10-12-6-4-8-15(12)19-16/h2-3,5,7,10,13H,4,6,8-9H2,1H3. The Bertz CT molecular complexity index is 554. The molecule has 1 aliphatic carbocycles. The van der Waals surface area contributed by atoms with Gasteiger partial charge in [-0.1, -0.05) is 34.1 Å². The highest BCUT2D eigenvalue weighted by atomic mass is 79.9. The zero-order valence-electron chi connectivity index (χ0n) is 11.0. The molecular weight excluding hydrogens is 320 g/mol. The molecule has 0 radical (unpaired) electrons. The molecule has 1 heterocycles. The summed E-state index contributed by atoms with van der Waals surface area (Å²) in [5.74, 6) is 0.982. The molecule has 2 aromatic rings. The van der Waals surface area contributed by atoms with Crippen molar-refractivity contribution in [3.8, 4) is 5.75 Å². The van der Waals surface area contributed by atoms with Crippen molar-refractivity contribution in [2.75, 3.05) is 7.11 Å². The number of ether oxygens (including phenoxy) is 1. The number of benzene rings is 1. The topological polar surface area (TPSA) is 9.23 Å². The van der Waals surface area contributed by atoms with Gasteiger partial charge in [0, 0.05) is 9.75 Å². The minimum absolute atomic E-state index is 0.388. The molecule has 0 saturated carbocycles. The van der Waals surface area contributed by atoms with Crippen LogP contribution in [0.4, 0.5) is 0 Å². The van der Waals surface area contributed by atoms with E-state index in [-0.39, 0.29) is 0 Å². The summed E-state index contributed by atoms with van der Waals surface area (Å²) >= 11 is 5.82. The quantitative estimate of drug-likeness (QED) is 0.719. The van der Waals surface area contributed by atoms with Crippen LogP contribution in [0.2, 0.25) is 0 Å². The van der Waals surface area contributed by atoms with Crippen molar-refractivity contribution in [1.29, 1.82) is 0 Å². The van der Waals surface area contributed by atoms with Crippen LogP contribution in [0.15, 0.2) is 30.3 Å². The van der Waals surface area contributed by atoms with E-state index in [0.717, 1.165) is 12.2 Å². The van der Waals surface area contributed by atoms with Gasteiger partial charge in [0.05, 0.1) is 11.9 Å². The van der Waals surface area contributed by atoms with E-state index < -0.39 is 0 Å². The van der Waals surface area contributed by atoms with Gasteiger partial charge in [-0.15, -0.1) is 11.3 Å². The average Bonchev–Trinajstić information content (AvgIpc) is 3.00. The van der Waals surface area contributed by atoms with Gasteiger partial charge in [0.15, 0.2) is 0 Å². The molecule has 1 nitrogen and oxygen atoms in total. The SMILES string of the molecule is COc1ccccc1CC(Br)c1cc2c(s1)CCC2. The maximum Gasteiger partial charge on any atom is 0.122 e. The van der Waals surface area contributed by atoms with Gasteiger partial charge in [0.25, 0.3) is 0 Å². The highest BCUT2D eigenvalue weighted by molar-refractivity contribution is 9.09. The third-order valence-electron chi connectivity index (χ3n) is 3.67. The van der Waals surface area contributed by atoms with Gasteiger partial charge in [-0.25, -0.2) is 0 Å². The molecule has 1 aromatic heterocycles. The fraction of sp³-hybridized carbons (Fsp3) is 0.375. The molecule has 0 N–H and O–H groups in total. The van der Waals surface area contributed by atoms with Crippen molar-refractivity contribution in [2.24, 2.45) is 0 Å². The molecule has 1 unspecified atom stereocenters. The van der Waals surface area contributed by atoms with E-state index in [1.54, 1.807) is 17.6 Å². The first-order chi connectivity index (χ1) is 9.28. The molecule has 0 aliphatic heterocycles. The summed E-state index contributed by atoms with van der Waals surface area (Å²) in [4.78, 5) is 3.44. The van der Waals surface area contributed by atoms with Gasteiger partial charge in [0.2, 0.25) is 0 Å². The average molecular weight is 337 g/mol. The van der Waals surface area contributed by atoms with Crippen LogP contribution in [0.3, 0.4) is 0 Å². The van der Waals surface area contributed by atoms with Crippen molar-refractivity contribution in [3.05, 3.63) is 51.2 Å². The molecule has 1 atom stereocenters. The Labute approximate surface area is 126 Å². The number of aryl methyl sites for hydroxylation is 2. The molecule has 3 rings (SSSR count). The molecule has 3 heteroatoms. The summed E-state index contributed by atoms with van der Waals surface area (Å²) < 4.78 is 5.43. The Morgan fingerprint density at radius 2 is 2.16 bits per heavy atom. The number of methoxy groups -OCH3 is 1. The van der Waals surface area contributed by atoms with Crippen LogP contribution in [0, 0.1) is 0 Å². The van der Waals surface area contributed by atoms with Crippen molar-refractivity contribution >= 4 is 27.3 Å². The number of para-hydroxylation sites is 1. The summed E-state index contributed by atoms with van der Waals surface area (Å²) in [5, 5.41) is 0. The number of halogens is 1. The van der Waals surface area contributed by atoms with E-state index in [1.807, 2.05) is 23.5 Å². The normalized spacial score (nSPS) is 15.3. The van der Waals surface area contributed by atoms with Gasteiger partial charge >= 0.3 is 0 Å². The predicted octanol–water partition coefficient (Wildman–Crippen LogP) is 4.92. The lowest BCUT2D eigenvalue weighted by Crippen LogP contribution is -1.96. The summed E-state index contributed by atoms with van der Waals surface area (Å²) in [6, 6.07) is 10.7. The highest BCUT2D eigenvalue weighted by Crippen LogP contribution is 2.39.